The zero-order chi connectivity index (χ0) is 20.7. The van der Waals surface area contributed by atoms with Crippen LogP contribution >= 0.6 is 0 Å². The van der Waals surface area contributed by atoms with Crippen LogP contribution in [0.1, 0.15) is 12.5 Å². The molecular weight excluding hydrogens is 394 g/mol. The minimum atomic E-state index is -3.54. The Balaban J connectivity index is 1.49. The standard InChI is InChI=1S/C19H23N5O4S/c1-2-16-4-6-17(7-5-16)28-14-15-29(26,27)21-11-13-24-19(25)9-8-18(22-24)23-12-3-10-20-23/h3-10,12,21H,2,11,13-15H2,1H3. The zero-order valence-electron chi connectivity index (χ0n) is 16.1. The Hall–Kier alpha value is -2.98. The highest BCUT2D eigenvalue weighted by atomic mass is 32.2. The van der Waals surface area contributed by atoms with E-state index in [2.05, 4.69) is 21.8 Å². The summed E-state index contributed by atoms with van der Waals surface area (Å²) in [6.07, 6.45) is 4.24. The van der Waals surface area contributed by atoms with E-state index in [4.69, 9.17) is 4.74 Å². The van der Waals surface area contributed by atoms with Gasteiger partial charge in [0.25, 0.3) is 5.56 Å². The summed E-state index contributed by atoms with van der Waals surface area (Å²) in [5.74, 6) is 0.918. The molecule has 0 fully saturated rings. The number of ether oxygens (including phenoxy) is 1. The maximum Gasteiger partial charge on any atom is 0.266 e. The Morgan fingerprint density at radius 2 is 1.93 bits per heavy atom. The van der Waals surface area contributed by atoms with Crippen LogP contribution in [0.3, 0.4) is 0 Å². The molecule has 1 aromatic carbocycles. The number of hydrogen-bond acceptors (Lipinski definition) is 6. The molecule has 0 spiro atoms. The first kappa shape index (κ1) is 20.7. The van der Waals surface area contributed by atoms with Crippen molar-refractivity contribution in [2.75, 3.05) is 18.9 Å². The van der Waals surface area contributed by atoms with Gasteiger partial charge in [-0.05, 0) is 36.2 Å². The predicted octanol–water partition coefficient (Wildman–Crippen LogP) is 0.990. The van der Waals surface area contributed by atoms with Crippen LogP contribution in [-0.2, 0) is 23.0 Å². The molecule has 0 unspecified atom stereocenters. The molecule has 0 radical (unpaired) electrons. The highest BCUT2D eigenvalue weighted by molar-refractivity contribution is 7.89. The number of rotatable bonds is 10. The zero-order valence-corrected chi connectivity index (χ0v) is 16.9. The molecule has 9 nitrogen and oxygen atoms in total. The second-order valence-corrected chi connectivity index (χ2v) is 8.19. The molecule has 154 valence electrons. The van der Waals surface area contributed by atoms with Gasteiger partial charge in [0, 0.05) is 25.0 Å². The Morgan fingerprint density at radius 3 is 2.62 bits per heavy atom. The highest BCUT2D eigenvalue weighted by Gasteiger charge is 2.11. The lowest BCUT2D eigenvalue weighted by atomic mass is 10.2. The molecule has 0 saturated carbocycles. The summed E-state index contributed by atoms with van der Waals surface area (Å²) in [4.78, 5) is 11.9. The van der Waals surface area contributed by atoms with Gasteiger partial charge in [0.1, 0.15) is 12.4 Å². The molecule has 29 heavy (non-hydrogen) atoms. The van der Waals surface area contributed by atoms with Crippen LogP contribution in [0.2, 0.25) is 0 Å². The molecule has 3 rings (SSSR count). The molecule has 0 atom stereocenters. The second kappa shape index (κ2) is 9.48. The van der Waals surface area contributed by atoms with Crippen molar-refractivity contribution < 1.29 is 13.2 Å². The van der Waals surface area contributed by atoms with Crippen molar-refractivity contribution >= 4 is 10.0 Å². The molecule has 0 aliphatic carbocycles. The van der Waals surface area contributed by atoms with E-state index >= 15 is 0 Å². The third-order valence-electron chi connectivity index (χ3n) is 4.19. The van der Waals surface area contributed by atoms with Crippen LogP contribution in [0.25, 0.3) is 5.82 Å². The van der Waals surface area contributed by atoms with Crippen molar-refractivity contribution in [1.29, 1.82) is 0 Å². The quantitative estimate of drug-likeness (QED) is 0.527. The third kappa shape index (κ3) is 6.00. The van der Waals surface area contributed by atoms with E-state index in [1.165, 1.54) is 21.0 Å². The van der Waals surface area contributed by atoms with Gasteiger partial charge < -0.3 is 4.74 Å². The van der Waals surface area contributed by atoms with Crippen molar-refractivity contribution in [3.8, 4) is 11.6 Å². The molecule has 0 bridgehead atoms. The monoisotopic (exact) mass is 417 g/mol. The van der Waals surface area contributed by atoms with Gasteiger partial charge in [0.05, 0.1) is 12.3 Å². The summed E-state index contributed by atoms with van der Waals surface area (Å²) in [6.45, 7) is 2.24. The molecule has 0 aliphatic rings. The summed E-state index contributed by atoms with van der Waals surface area (Å²) in [5, 5.41) is 8.25. The Morgan fingerprint density at radius 1 is 1.14 bits per heavy atom. The first-order chi connectivity index (χ1) is 14.0. The van der Waals surface area contributed by atoms with Gasteiger partial charge in [0.2, 0.25) is 10.0 Å². The lowest BCUT2D eigenvalue weighted by Crippen LogP contribution is -2.34. The van der Waals surface area contributed by atoms with Gasteiger partial charge in [-0.2, -0.15) is 5.10 Å². The summed E-state index contributed by atoms with van der Waals surface area (Å²) in [6, 6.07) is 12.2. The fourth-order valence-corrected chi connectivity index (χ4v) is 3.44. The second-order valence-electron chi connectivity index (χ2n) is 6.26. The first-order valence-corrected chi connectivity index (χ1v) is 10.9. The van der Waals surface area contributed by atoms with Gasteiger partial charge in [-0.25, -0.2) is 22.5 Å². The van der Waals surface area contributed by atoms with Gasteiger partial charge in [0.15, 0.2) is 5.82 Å². The molecule has 2 aromatic heterocycles. The largest absolute Gasteiger partial charge is 0.492 e. The van der Waals surface area contributed by atoms with Crippen LogP contribution in [0.15, 0.2) is 59.7 Å². The average molecular weight is 417 g/mol. The topological polar surface area (TPSA) is 108 Å². The van der Waals surface area contributed by atoms with E-state index in [0.29, 0.717) is 11.6 Å². The van der Waals surface area contributed by atoms with Crippen LogP contribution < -0.4 is 15.0 Å². The molecule has 0 aliphatic heterocycles. The first-order valence-electron chi connectivity index (χ1n) is 9.24. The van der Waals surface area contributed by atoms with E-state index in [-0.39, 0.29) is 31.0 Å². The summed E-state index contributed by atoms with van der Waals surface area (Å²) < 4.78 is 34.9. The molecule has 0 amide bonds. The third-order valence-corrected chi connectivity index (χ3v) is 5.54. The van der Waals surface area contributed by atoms with Gasteiger partial charge >= 0.3 is 0 Å². The molecule has 3 aromatic rings. The molecule has 0 saturated heterocycles. The van der Waals surface area contributed by atoms with Crippen LogP contribution in [0, 0.1) is 0 Å². The lowest BCUT2D eigenvalue weighted by Gasteiger charge is -2.10. The van der Waals surface area contributed by atoms with Crippen molar-refractivity contribution in [1.82, 2.24) is 24.3 Å². The Labute approximate surface area is 169 Å². The number of nitrogens with zero attached hydrogens (tertiary/aromatic N) is 4. The fourth-order valence-electron chi connectivity index (χ4n) is 2.59. The van der Waals surface area contributed by atoms with Crippen molar-refractivity contribution in [2.24, 2.45) is 0 Å². The molecular formula is C19H23N5O4S. The number of aromatic nitrogens is 4. The van der Waals surface area contributed by atoms with Gasteiger partial charge in [-0.1, -0.05) is 19.1 Å². The SMILES string of the molecule is CCc1ccc(OCCS(=O)(=O)NCCn2nc(-n3cccn3)ccc2=O)cc1. The smallest absolute Gasteiger partial charge is 0.266 e. The van der Waals surface area contributed by atoms with Crippen molar-refractivity contribution in [3.63, 3.8) is 0 Å². The maximum atomic E-state index is 12.1. The van der Waals surface area contributed by atoms with Gasteiger partial charge in [-0.3, -0.25) is 4.79 Å². The highest BCUT2D eigenvalue weighted by Crippen LogP contribution is 2.12. The van der Waals surface area contributed by atoms with Crippen LogP contribution in [0.4, 0.5) is 0 Å². The minimum absolute atomic E-state index is 0.0355. The fraction of sp³-hybridized carbons (Fsp3) is 0.316. The maximum absolute atomic E-state index is 12.1. The number of benzene rings is 1. The summed E-state index contributed by atoms with van der Waals surface area (Å²) in [7, 11) is -3.54. The predicted molar refractivity (Wildman–Crippen MR) is 109 cm³/mol. The van der Waals surface area contributed by atoms with Crippen molar-refractivity contribution in [2.45, 2.75) is 19.9 Å². The normalized spacial score (nSPS) is 11.5. The van der Waals surface area contributed by atoms with E-state index in [1.807, 2.05) is 24.3 Å². The van der Waals surface area contributed by atoms with E-state index < -0.39 is 10.0 Å². The van der Waals surface area contributed by atoms with E-state index in [9.17, 15) is 13.2 Å². The van der Waals surface area contributed by atoms with Crippen molar-refractivity contribution in [3.05, 3.63) is 70.8 Å². The van der Waals surface area contributed by atoms with E-state index in [1.54, 1.807) is 24.5 Å². The Bertz CT molecular complexity index is 1080. The number of aryl methyl sites for hydroxylation is 1. The summed E-state index contributed by atoms with van der Waals surface area (Å²) >= 11 is 0. The lowest BCUT2D eigenvalue weighted by molar-refractivity contribution is 0.340. The number of nitrogens with one attached hydrogen (secondary N) is 1. The van der Waals surface area contributed by atoms with Crippen LogP contribution in [-0.4, -0.2) is 46.9 Å². The summed E-state index contributed by atoms with van der Waals surface area (Å²) in [5.41, 5.74) is 0.867. The Kier molecular flexibility index (Phi) is 6.78. The molecule has 10 heteroatoms. The van der Waals surface area contributed by atoms with E-state index in [0.717, 1.165) is 6.42 Å². The number of hydrogen-bond donors (Lipinski definition) is 1. The molecule has 1 N–H and O–H groups in total. The average Bonchev–Trinajstić information content (AvgIpc) is 3.24. The number of sulfonamides is 1. The minimum Gasteiger partial charge on any atom is -0.492 e. The molecule has 2 heterocycles. The van der Waals surface area contributed by atoms with Gasteiger partial charge in [-0.15, -0.1) is 5.10 Å². The van der Waals surface area contributed by atoms with Crippen LogP contribution in [0.5, 0.6) is 5.75 Å².